The number of rotatable bonds is 10. The number of aryl methyl sites for hydroxylation is 1. The number of benzene rings is 2. The molecule has 2 aromatic rings. The van der Waals surface area contributed by atoms with Gasteiger partial charge in [-0.3, -0.25) is 9.10 Å². The molecular weight excluding hydrogens is 404 g/mol. The first kappa shape index (κ1) is 23.5. The molecule has 0 spiro atoms. The Labute approximate surface area is 179 Å². The fraction of sp³-hybridized carbons (Fsp3) is 0.409. The zero-order valence-electron chi connectivity index (χ0n) is 18.1. The van der Waals surface area contributed by atoms with Gasteiger partial charge in [0.15, 0.2) is 0 Å². The van der Waals surface area contributed by atoms with Gasteiger partial charge in [-0.2, -0.15) is 0 Å². The van der Waals surface area contributed by atoms with Crippen molar-refractivity contribution in [1.29, 1.82) is 0 Å². The maximum atomic E-state index is 13.0. The van der Waals surface area contributed by atoms with E-state index in [0.717, 1.165) is 21.9 Å². The number of carbonyl (C=O) groups is 1. The van der Waals surface area contributed by atoms with Crippen molar-refractivity contribution in [3.8, 4) is 11.5 Å². The Hall–Kier alpha value is -2.74. The maximum absolute atomic E-state index is 13.0. The summed E-state index contributed by atoms with van der Waals surface area (Å²) in [6, 6.07) is 13.0. The fourth-order valence-corrected chi connectivity index (χ4v) is 4.32. The van der Waals surface area contributed by atoms with Crippen LogP contribution < -0.4 is 19.1 Å². The molecular formula is C22H30N2O5S. The van der Waals surface area contributed by atoms with Crippen LogP contribution in [0.3, 0.4) is 0 Å². The van der Waals surface area contributed by atoms with Gasteiger partial charge in [0.2, 0.25) is 15.9 Å². The standard InChI is InChI=1S/C22H30N2O5S/c1-6-20(24(30(5,26)27)18-11-13-19(28-4)14-12-18)22(25)23-17(3)15-29-21-10-8-7-9-16(21)2/h7-14,17,20H,6,15H2,1-5H3,(H,23,25). The second-order valence-electron chi connectivity index (χ2n) is 7.17. The molecule has 7 nitrogen and oxygen atoms in total. The van der Waals surface area contributed by atoms with Gasteiger partial charge in [-0.05, 0) is 56.2 Å². The number of methoxy groups -OCH3 is 1. The third kappa shape index (κ3) is 6.13. The predicted molar refractivity (Wildman–Crippen MR) is 119 cm³/mol. The van der Waals surface area contributed by atoms with Gasteiger partial charge >= 0.3 is 0 Å². The molecule has 0 aliphatic heterocycles. The molecule has 0 fully saturated rings. The Morgan fingerprint density at radius 2 is 1.77 bits per heavy atom. The van der Waals surface area contributed by atoms with Gasteiger partial charge in [-0.1, -0.05) is 25.1 Å². The van der Waals surface area contributed by atoms with E-state index >= 15 is 0 Å². The zero-order chi connectivity index (χ0) is 22.3. The van der Waals surface area contributed by atoms with Gasteiger partial charge in [-0.15, -0.1) is 0 Å². The average Bonchev–Trinajstić information content (AvgIpc) is 2.70. The highest BCUT2D eigenvalue weighted by Gasteiger charge is 2.32. The Morgan fingerprint density at radius 1 is 1.13 bits per heavy atom. The SMILES string of the molecule is CCC(C(=O)NC(C)COc1ccccc1C)N(c1ccc(OC)cc1)S(C)(=O)=O. The topological polar surface area (TPSA) is 84.9 Å². The molecule has 30 heavy (non-hydrogen) atoms. The molecule has 0 bridgehead atoms. The van der Waals surface area contributed by atoms with Crippen LogP contribution in [0.4, 0.5) is 5.69 Å². The molecule has 164 valence electrons. The minimum atomic E-state index is -3.69. The molecule has 8 heteroatoms. The number of nitrogens with one attached hydrogen (secondary N) is 1. The second-order valence-corrected chi connectivity index (χ2v) is 9.03. The smallest absolute Gasteiger partial charge is 0.244 e. The molecule has 2 unspecified atom stereocenters. The van der Waals surface area contributed by atoms with E-state index in [1.165, 1.54) is 7.11 Å². The van der Waals surface area contributed by atoms with E-state index in [1.807, 2.05) is 38.1 Å². The van der Waals surface area contributed by atoms with E-state index in [4.69, 9.17) is 9.47 Å². The van der Waals surface area contributed by atoms with Crippen LogP contribution in [0.1, 0.15) is 25.8 Å². The van der Waals surface area contributed by atoms with Crippen molar-refractivity contribution in [2.24, 2.45) is 0 Å². The zero-order valence-corrected chi connectivity index (χ0v) is 18.9. The van der Waals surface area contributed by atoms with Gasteiger partial charge in [0, 0.05) is 0 Å². The lowest BCUT2D eigenvalue weighted by atomic mass is 10.1. The first-order valence-corrected chi connectivity index (χ1v) is 11.6. The lowest BCUT2D eigenvalue weighted by Gasteiger charge is -2.31. The predicted octanol–water partition coefficient (Wildman–Crippen LogP) is 3.13. The molecule has 2 rings (SSSR count). The van der Waals surface area contributed by atoms with Crippen LogP contribution in [-0.2, 0) is 14.8 Å². The van der Waals surface area contributed by atoms with Crippen LogP contribution in [-0.4, -0.2) is 46.4 Å². The monoisotopic (exact) mass is 434 g/mol. The van der Waals surface area contributed by atoms with E-state index in [1.54, 1.807) is 31.2 Å². The van der Waals surface area contributed by atoms with Gasteiger partial charge in [0.25, 0.3) is 0 Å². The molecule has 0 aromatic heterocycles. The molecule has 1 N–H and O–H groups in total. The fourth-order valence-electron chi connectivity index (χ4n) is 3.10. The van der Waals surface area contributed by atoms with Crippen LogP contribution >= 0.6 is 0 Å². The molecule has 0 saturated heterocycles. The van der Waals surface area contributed by atoms with E-state index < -0.39 is 16.1 Å². The molecule has 0 saturated carbocycles. The number of sulfonamides is 1. The minimum absolute atomic E-state index is 0.272. The van der Waals surface area contributed by atoms with Crippen LogP contribution in [0.5, 0.6) is 11.5 Å². The van der Waals surface area contributed by atoms with Gasteiger partial charge < -0.3 is 14.8 Å². The highest BCUT2D eigenvalue weighted by atomic mass is 32.2. The summed E-state index contributed by atoms with van der Waals surface area (Å²) in [7, 11) is -2.16. The third-order valence-electron chi connectivity index (χ3n) is 4.63. The second kappa shape index (κ2) is 10.3. The highest BCUT2D eigenvalue weighted by Crippen LogP contribution is 2.25. The molecule has 2 atom stereocenters. The summed E-state index contributed by atoms with van der Waals surface area (Å²) in [4.78, 5) is 13.0. The third-order valence-corrected chi connectivity index (χ3v) is 5.81. The summed E-state index contributed by atoms with van der Waals surface area (Å²) < 4.78 is 37.1. The Morgan fingerprint density at radius 3 is 2.30 bits per heavy atom. The first-order valence-electron chi connectivity index (χ1n) is 9.79. The first-order chi connectivity index (χ1) is 14.2. The summed E-state index contributed by atoms with van der Waals surface area (Å²) in [5, 5.41) is 2.87. The summed E-state index contributed by atoms with van der Waals surface area (Å²) in [6.07, 6.45) is 1.41. The number of nitrogens with zero attached hydrogens (tertiary/aromatic N) is 1. The lowest BCUT2D eigenvalue weighted by Crippen LogP contribution is -2.52. The Balaban J connectivity index is 2.13. The molecule has 0 radical (unpaired) electrons. The van der Waals surface area contributed by atoms with Crippen molar-refractivity contribution in [2.75, 3.05) is 24.3 Å². The quantitative estimate of drug-likeness (QED) is 0.621. The van der Waals surface area contributed by atoms with Gasteiger partial charge in [-0.25, -0.2) is 8.42 Å². The summed E-state index contributed by atoms with van der Waals surface area (Å²) in [5.74, 6) is 0.980. The van der Waals surface area contributed by atoms with Crippen molar-refractivity contribution in [3.63, 3.8) is 0 Å². The van der Waals surface area contributed by atoms with E-state index in [2.05, 4.69) is 5.32 Å². The number of carbonyl (C=O) groups excluding carboxylic acids is 1. The number of para-hydroxylation sites is 1. The van der Waals surface area contributed by atoms with Crippen LogP contribution in [0.2, 0.25) is 0 Å². The molecule has 0 heterocycles. The van der Waals surface area contributed by atoms with E-state index in [0.29, 0.717) is 17.9 Å². The van der Waals surface area contributed by atoms with Crippen molar-refractivity contribution in [2.45, 2.75) is 39.3 Å². The largest absolute Gasteiger partial charge is 0.497 e. The van der Waals surface area contributed by atoms with Crippen molar-refractivity contribution < 1.29 is 22.7 Å². The molecule has 0 aliphatic carbocycles. The maximum Gasteiger partial charge on any atom is 0.244 e. The van der Waals surface area contributed by atoms with Crippen molar-refractivity contribution in [1.82, 2.24) is 5.32 Å². The van der Waals surface area contributed by atoms with Gasteiger partial charge in [0.1, 0.15) is 24.1 Å². The number of anilines is 1. The summed E-state index contributed by atoms with van der Waals surface area (Å²) in [5.41, 5.74) is 1.41. The van der Waals surface area contributed by atoms with Crippen LogP contribution in [0.25, 0.3) is 0 Å². The summed E-state index contributed by atoms with van der Waals surface area (Å²) in [6.45, 7) is 5.82. The average molecular weight is 435 g/mol. The highest BCUT2D eigenvalue weighted by molar-refractivity contribution is 7.92. The minimum Gasteiger partial charge on any atom is -0.497 e. The number of hydrogen-bond acceptors (Lipinski definition) is 5. The number of ether oxygens (including phenoxy) is 2. The Kier molecular flexibility index (Phi) is 8.11. The molecule has 1 amide bonds. The molecule has 2 aromatic carbocycles. The van der Waals surface area contributed by atoms with Crippen LogP contribution in [0.15, 0.2) is 48.5 Å². The van der Waals surface area contributed by atoms with E-state index in [-0.39, 0.29) is 18.6 Å². The van der Waals surface area contributed by atoms with Crippen molar-refractivity contribution >= 4 is 21.6 Å². The number of hydrogen-bond donors (Lipinski definition) is 1. The van der Waals surface area contributed by atoms with Crippen molar-refractivity contribution in [3.05, 3.63) is 54.1 Å². The van der Waals surface area contributed by atoms with E-state index in [9.17, 15) is 13.2 Å². The molecule has 0 aliphatic rings. The normalized spacial score (nSPS) is 13.2. The van der Waals surface area contributed by atoms with Gasteiger partial charge in [0.05, 0.1) is 25.1 Å². The Bertz CT molecular complexity index is 944. The lowest BCUT2D eigenvalue weighted by molar-refractivity contribution is -0.123. The summed E-state index contributed by atoms with van der Waals surface area (Å²) >= 11 is 0. The number of amides is 1. The van der Waals surface area contributed by atoms with Crippen LogP contribution in [0, 0.1) is 6.92 Å².